The topological polar surface area (TPSA) is 35.2 Å². The van der Waals surface area contributed by atoms with Crippen LogP contribution in [0.3, 0.4) is 0 Å². The summed E-state index contributed by atoms with van der Waals surface area (Å²) in [5, 5.41) is 0. The van der Waals surface area contributed by atoms with E-state index in [0.29, 0.717) is 6.61 Å². The van der Waals surface area contributed by atoms with Gasteiger partial charge in [0.25, 0.3) is 0 Å². The lowest BCUT2D eigenvalue weighted by Crippen LogP contribution is -2.14. The fraction of sp³-hybridized carbons (Fsp3) is 0.294. The number of nitrogens with two attached hydrogens (primary N) is 1. The molecule has 2 nitrogen and oxygen atoms in total. The molecule has 2 rings (SSSR count). The van der Waals surface area contributed by atoms with Crippen LogP contribution in [0.5, 0.6) is 5.75 Å². The predicted molar refractivity (Wildman–Crippen MR) is 87.3 cm³/mol. The highest BCUT2D eigenvalue weighted by molar-refractivity contribution is 9.10. The van der Waals surface area contributed by atoms with E-state index in [1.54, 1.807) is 0 Å². The van der Waals surface area contributed by atoms with E-state index in [-0.39, 0.29) is 6.04 Å². The summed E-state index contributed by atoms with van der Waals surface area (Å²) < 4.78 is 6.48. The van der Waals surface area contributed by atoms with Gasteiger partial charge < -0.3 is 10.5 Å². The van der Waals surface area contributed by atoms with Crippen LogP contribution < -0.4 is 10.5 Å². The Hall–Kier alpha value is -1.32. The smallest absolute Gasteiger partial charge is 0.120 e. The minimum absolute atomic E-state index is 0.139. The summed E-state index contributed by atoms with van der Waals surface area (Å²) in [6, 6.07) is 12.2. The summed E-state index contributed by atoms with van der Waals surface area (Å²) in [6.07, 6.45) is 0. The fourth-order valence-electron chi connectivity index (χ4n) is 2.28. The SMILES string of the molecule is CCOc1ccc(C(N)c2cc(C)ccc2C)c(Br)c1. The number of aryl methyl sites for hydroxylation is 2. The highest BCUT2D eigenvalue weighted by Crippen LogP contribution is 2.31. The molecule has 0 heterocycles. The van der Waals surface area contributed by atoms with Gasteiger partial charge in [0.15, 0.2) is 0 Å². The molecule has 0 aromatic heterocycles. The summed E-state index contributed by atoms with van der Waals surface area (Å²) in [5.74, 6) is 0.858. The van der Waals surface area contributed by atoms with Crippen LogP contribution in [0, 0.1) is 13.8 Å². The van der Waals surface area contributed by atoms with E-state index < -0.39 is 0 Å². The quantitative estimate of drug-likeness (QED) is 0.893. The summed E-state index contributed by atoms with van der Waals surface area (Å²) >= 11 is 3.60. The van der Waals surface area contributed by atoms with E-state index in [2.05, 4.69) is 48.0 Å². The molecular formula is C17H20BrNO. The van der Waals surface area contributed by atoms with E-state index in [9.17, 15) is 0 Å². The molecule has 0 aliphatic carbocycles. The van der Waals surface area contributed by atoms with Crippen LogP contribution in [0.15, 0.2) is 40.9 Å². The lowest BCUT2D eigenvalue weighted by atomic mass is 9.94. The maximum absolute atomic E-state index is 6.44. The first-order valence-corrected chi connectivity index (χ1v) is 7.57. The molecule has 0 spiro atoms. The number of hydrogen-bond donors (Lipinski definition) is 1. The van der Waals surface area contributed by atoms with Crippen molar-refractivity contribution in [2.75, 3.05) is 6.61 Å². The molecule has 0 amide bonds. The summed E-state index contributed by atoms with van der Waals surface area (Å²) in [4.78, 5) is 0. The largest absolute Gasteiger partial charge is 0.494 e. The number of ether oxygens (including phenoxy) is 1. The van der Waals surface area contributed by atoms with E-state index in [1.807, 2.05) is 25.1 Å². The Morgan fingerprint density at radius 2 is 1.85 bits per heavy atom. The van der Waals surface area contributed by atoms with Gasteiger partial charge in [0, 0.05) is 4.47 Å². The molecule has 3 heteroatoms. The summed E-state index contributed by atoms with van der Waals surface area (Å²) in [6.45, 7) is 6.82. The van der Waals surface area contributed by atoms with Crippen LogP contribution in [0.25, 0.3) is 0 Å². The molecular weight excluding hydrogens is 314 g/mol. The second kappa shape index (κ2) is 6.42. The zero-order chi connectivity index (χ0) is 14.7. The second-order valence-corrected chi connectivity index (χ2v) is 5.81. The van der Waals surface area contributed by atoms with Crippen molar-refractivity contribution in [2.45, 2.75) is 26.8 Å². The first-order chi connectivity index (χ1) is 9.52. The highest BCUT2D eigenvalue weighted by Gasteiger charge is 2.15. The molecule has 0 aliphatic rings. The van der Waals surface area contributed by atoms with Crippen molar-refractivity contribution in [3.63, 3.8) is 0 Å². The Morgan fingerprint density at radius 3 is 2.50 bits per heavy atom. The van der Waals surface area contributed by atoms with Crippen LogP contribution in [0.4, 0.5) is 0 Å². The Kier molecular flexibility index (Phi) is 4.84. The zero-order valence-corrected chi connectivity index (χ0v) is 13.7. The van der Waals surface area contributed by atoms with Gasteiger partial charge in [-0.05, 0) is 49.6 Å². The number of rotatable bonds is 4. The van der Waals surface area contributed by atoms with Crippen LogP contribution in [0.2, 0.25) is 0 Å². The van der Waals surface area contributed by atoms with Gasteiger partial charge in [-0.3, -0.25) is 0 Å². The third-order valence-electron chi connectivity index (χ3n) is 3.39. The van der Waals surface area contributed by atoms with Gasteiger partial charge in [0.2, 0.25) is 0 Å². The van der Waals surface area contributed by atoms with Gasteiger partial charge in [0.1, 0.15) is 5.75 Å². The lowest BCUT2D eigenvalue weighted by Gasteiger charge is -2.18. The Balaban J connectivity index is 2.38. The first-order valence-electron chi connectivity index (χ1n) is 6.78. The van der Waals surface area contributed by atoms with E-state index in [0.717, 1.165) is 21.3 Å². The van der Waals surface area contributed by atoms with Crippen LogP contribution >= 0.6 is 15.9 Å². The number of benzene rings is 2. The minimum atomic E-state index is -0.139. The average molecular weight is 334 g/mol. The van der Waals surface area contributed by atoms with Crippen molar-refractivity contribution in [1.82, 2.24) is 0 Å². The maximum atomic E-state index is 6.44. The summed E-state index contributed by atoms with van der Waals surface area (Å²) in [5.41, 5.74) is 11.1. The first kappa shape index (κ1) is 15.1. The Morgan fingerprint density at radius 1 is 1.10 bits per heavy atom. The average Bonchev–Trinajstić information content (AvgIpc) is 2.41. The van der Waals surface area contributed by atoms with E-state index in [4.69, 9.17) is 10.5 Å². The summed E-state index contributed by atoms with van der Waals surface area (Å²) in [7, 11) is 0. The highest BCUT2D eigenvalue weighted by atomic mass is 79.9. The molecule has 1 atom stereocenters. The van der Waals surface area contributed by atoms with Gasteiger partial charge >= 0.3 is 0 Å². The molecule has 0 fully saturated rings. The molecule has 2 aromatic rings. The molecule has 106 valence electrons. The van der Waals surface area contributed by atoms with Crippen LogP contribution in [-0.4, -0.2) is 6.61 Å². The van der Waals surface area contributed by atoms with Crippen molar-refractivity contribution in [2.24, 2.45) is 5.73 Å². The second-order valence-electron chi connectivity index (χ2n) is 4.95. The van der Waals surface area contributed by atoms with Crippen molar-refractivity contribution in [1.29, 1.82) is 0 Å². The molecule has 0 aliphatic heterocycles. The van der Waals surface area contributed by atoms with Crippen molar-refractivity contribution in [3.8, 4) is 5.75 Å². The van der Waals surface area contributed by atoms with Crippen LogP contribution in [0.1, 0.15) is 35.2 Å². The number of hydrogen-bond acceptors (Lipinski definition) is 2. The van der Waals surface area contributed by atoms with Crippen molar-refractivity contribution < 1.29 is 4.74 Å². The van der Waals surface area contributed by atoms with Gasteiger partial charge in [-0.25, -0.2) is 0 Å². The molecule has 0 radical (unpaired) electrons. The molecule has 2 N–H and O–H groups in total. The van der Waals surface area contributed by atoms with Gasteiger partial charge in [-0.1, -0.05) is 45.8 Å². The zero-order valence-electron chi connectivity index (χ0n) is 12.1. The minimum Gasteiger partial charge on any atom is -0.494 e. The predicted octanol–water partition coefficient (Wildman–Crippen LogP) is 4.51. The van der Waals surface area contributed by atoms with E-state index >= 15 is 0 Å². The van der Waals surface area contributed by atoms with Crippen molar-refractivity contribution >= 4 is 15.9 Å². The third kappa shape index (κ3) is 3.22. The van der Waals surface area contributed by atoms with Gasteiger partial charge in [-0.15, -0.1) is 0 Å². The van der Waals surface area contributed by atoms with Gasteiger partial charge in [-0.2, -0.15) is 0 Å². The Labute approximate surface area is 129 Å². The molecule has 0 saturated heterocycles. The third-order valence-corrected chi connectivity index (χ3v) is 4.07. The standard InChI is InChI=1S/C17H20BrNO/c1-4-20-13-7-8-14(16(18)10-13)17(19)15-9-11(2)5-6-12(15)3/h5-10,17H,4,19H2,1-3H3. The molecule has 1 unspecified atom stereocenters. The maximum Gasteiger partial charge on any atom is 0.120 e. The molecule has 2 aromatic carbocycles. The lowest BCUT2D eigenvalue weighted by molar-refractivity contribution is 0.340. The number of halogens is 1. The normalized spacial score (nSPS) is 12.2. The van der Waals surface area contributed by atoms with Gasteiger partial charge in [0.05, 0.1) is 12.6 Å². The van der Waals surface area contributed by atoms with E-state index in [1.165, 1.54) is 11.1 Å². The van der Waals surface area contributed by atoms with Crippen LogP contribution in [-0.2, 0) is 0 Å². The molecule has 20 heavy (non-hydrogen) atoms. The fourth-order valence-corrected chi connectivity index (χ4v) is 2.88. The Bertz CT molecular complexity index is 610. The molecule has 0 saturated carbocycles. The molecule has 0 bridgehead atoms. The monoisotopic (exact) mass is 333 g/mol. The van der Waals surface area contributed by atoms with Crippen molar-refractivity contribution in [3.05, 3.63) is 63.1 Å².